The molecule has 0 fully saturated rings. The lowest BCUT2D eigenvalue weighted by Crippen LogP contribution is -2.10. The zero-order valence-corrected chi connectivity index (χ0v) is 11.1. The van der Waals surface area contributed by atoms with E-state index >= 15 is 0 Å². The van der Waals surface area contributed by atoms with E-state index in [1.54, 1.807) is 0 Å². The van der Waals surface area contributed by atoms with E-state index in [1.807, 2.05) is 23.9 Å². The molecule has 0 saturated carbocycles. The summed E-state index contributed by atoms with van der Waals surface area (Å²) in [7, 11) is 0. The number of aryl methyl sites for hydroxylation is 1. The van der Waals surface area contributed by atoms with Gasteiger partial charge in [0.25, 0.3) is 0 Å². The van der Waals surface area contributed by atoms with Gasteiger partial charge in [-0.3, -0.25) is 4.68 Å². The zero-order chi connectivity index (χ0) is 13.1. The van der Waals surface area contributed by atoms with E-state index in [0.717, 1.165) is 23.7 Å². The summed E-state index contributed by atoms with van der Waals surface area (Å²) in [6.07, 6.45) is 11.3. The van der Waals surface area contributed by atoms with Crippen molar-refractivity contribution in [2.45, 2.75) is 39.2 Å². The van der Waals surface area contributed by atoms with Crippen LogP contribution in [0.4, 0.5) is 0 Å². The quantitative estimate of drug-likeness (QED) is 0.794. The Morgan fingerprint density at radius 3 is 2.74 bits per heavy atom. The van der Waals surface area contributed by atoms with Gasteiger partial charge in [-0.15, -0.1) is 5.10 Å². The van der Waals surface area contributed by atoms with Crippen molar-refractivity contribution in [2.24, 2.45) is 5.92 Å². The summed E-state index contributed by atoms with van der Waals surface area (Å²) in [6.45, 7) is 2.81. The third-order valence-electron chi connectivity index (χ3n) is 3.52. The van der Waals surface area contributed by atoms with E-state index in [0.29, 0.717) is 5.92 Å². The summed E-state index contributed by atoms with van der Waals surface area (Å²) in [5.41, 5.74) is 1.54. The molecule has 0 aromatic carbocycles. The van der Waals surface area contributed by atoms with Crippen molar-refractivity contribution in [3.63, 3.8) is 0 Å². The summed E-state index contributed by atoms with van der Waals surface area (Å²) >= 11 is 0. The molecule has 0 bridgehead atoms. The smallest absolute Gasteiger partial charge is 0.136 e. The first kappa shape index (κ1) is 12.1. The summed E-state index contributed by atoms with van der Waals surface area (Å²) in [5.74, 6) is 1.47. The molecular weight excluding hydrogens is 240 g/mol. The van der Waals surface area contributed by atoms with Gasteiger partial charge in [-0.05, 0) is 38.5 Å². The number of nitrogens with zero attached hydrogens (tertiary/aromatic N) is 4. The third-order valence-corrected chi connectivity index (χ3v) is 3.52. The monoisotopic (exact) mass is 258 g/mol. The second kappa shape index (κ2) is 5.38. The van der Waals surface area contributed by atoms with Gasteiger partial charge in [-0.25, -0.2) is 0 Å². The molecule has 0 amide bonds. The molecule has 1 aliphatic carbocycles. The molecule has 1 aliphatic rings. The highest BCUT2D eigenvalue weighted by atomic mass is 16.5. The summed E-state index contributed by atoms with van der Waals surface area (Å²) in [4.78, 5) is 0. The minimum atomic E-state index is 0.684. The summed E-state index contributed by atoms with van der Waals surface area (Å²) in [6, 6.07) is 1.88. The van der Waals surface area contributed by atoms with Gasteiger partial charge in [-0.2, -0.15) is 0 Å². The molecule has 2 aromatic rings. The molecular formula is C14H18N4O. The largest absolute Gasteiger partial charge is 0.361 e. The van der Waals surface area contributed by atoms with Gasteiger partial charge in [0.05, 0.1) is 6.20 Å². The van der Waals surface area contributed by atoms with Crippen LogP contribution in [0.25, 0.3) is 11.4 Å². The number of allylic oxidation sites excluding steroid dienone is 2. The predicted molar refractivity (Wildman–Crippen MR) is 71.4 cm³/mol. The molecule has 0 unspecified atom stereocenters. The Kier molecular flexibility index (Phi) is 3.44. The van der Waals surface area contributed by atoms with Crippen LogP contribution < -0.4 is 0 Å². The topological polar surface area (TPSA) is 56.7 Å². The fourth-order valence-electron chi connectivity index (χ4n) is 2.48. The molecule has 2 heterocycles. The molecule has 19 heavy (non-hydrogen) atoms. The molecule has 3 rings (SSSR count). The van der Waals surface area contributed by atoms with Crippen LogP contribution in [0, 0.1) is 12.8 Å². The third kappa shape index (κ3) is 2.92. The molecule has 0 spiro atoms. The van der Waals surface area contributed by atoms with Crippen LogP contribution in [0.15, 0.2) is 28.9 Å². The maximum Gasteiger partial charge on any atom is 0.136 e. The van der Waals surface area contributed by atoms with Gasteiger partial charge in [0.1, 0.15) is 17.1 Å². The molecule has 0 aliphatic heterocycles. The second-order valence-corrected chi connectivity index (χ2v) is 5.14. The van der Waals surface area contributed by atoms with Gasteiger partial charge in [0.2, 0.25) is 0 Å². The van der Waals surface area contributed by atoms with E-state index in [2.05, 4.69) is 27.6 Å². The lowest BCUT2D eigenvalue weighted by atomic mass is 10.0. The Morgan fingerprint density at radius 2 is 2.05 bits per heavy atom. The predicted octanol–water partition coefficient (Wildman–Crippen LogP) is 2.99. The average Bonchev–Trinajstić information content (AvgIpc) is 2.94. The van der Waals surface area contributed by atoms with E-state index in [1.165, 1.54) is 25.7 Å². The Balaban J connectivity index is 1.67. The first-order valence-electron chi connectivity index (χ1n) is 6.80. The minimum absolute atomic E-state index is 0.684. The van der Waals surface area contributed by atoms with E-state index in [4.69, 9.17) is 4.52 Å². The minimum Gasteiger partial charge on any atom is -0.361 e. The molecule has 0 saturated heterocycles. The highest BCUT2D eigenvalue weighted by Gasteiger charge is 2.13. The van der Waals surface area contributed by atoms with Gasteiger partial charge >= 0.3 is 0 Å². The Labute approximate surface area is 112 Å². The molecule has 5 heteroatoms. The van der Waals surface area contributed by atoms with Gasteiger partial charge in [0.15, 0.2) is 0 Å². The molecule has 0 radical (unpaired) electrons. The number of hydrogen-bond acceptors (Lipinski definition) is 4. The first-order chi connectivity index (χ1) is 9.31. The van der Waals surface area contributed by atoms with Crippen LogP contribution in [0.5, 0.6) is 0 Å². The van der Waals surface area contributed by atoms with Crippen molar-refractivity contribution in [1.82, 2.24) is 20.2 Å². The standard InChI is InChI=1S/C14H18N4O/c1-11-8-13(16-19-11)14-10-18(17-15-14)9-12-6-4-2-3-5-7-12/h2-3,8,10,12H,4-7,9H2,1H3. The second-order valence-electron chi connectivity index (χ2n) is 5.14. The van der Waals surface area contributed by atoms with Crippen LogP contribution in [-0.2, 0) is 6.54 Å². The van der Waals surface area contributed by atoms with Crippen molar-refractivity contribution in [3.8, 4) is 11.4 Å². The van der Waals surface area contributed by atoms with Crippen molar-refractivity contribution in [3.05, 3.63) is 30.2 Å². The molecule has 2 aromatic heterocycles. The van der Waals surface area contributed by atoms with E-state index in [-0.39, 0.29) is 0 Å². The fraction of sp³-hybridized carbons (Fsp3) is 0.500. The Morgan fingerprint density at radius 1 is 1.26 bits per heavy atom. The zero-order valence-electron chi connectivity index (χ0n) is 11.1. The van der Waals surface area contributed by atoms with Crippen LogP contribution in [-0.4, -0.2) is 20.2 Å². The van der Waals surface area contributed by atoms with Crippen molar-refractivity contribution >= 4 is 0 Å². The summed E-state index contributed by atoms with van der Waals surface area (Å²) in [5, 5.41) is 12.3. The van der Waals surface area contributed by atoms with Gasteiger partial charge < -0.3 is 4.52 Å². The number of rotatable bonds is 3. The van der Waals surface area contributed by atoms with E-state index < -0.39 is 0 Å². The van der Waals surface area contributed by atoms with E-state index in [9.17, 15) is 0 Å². The molecule has 0 atom stereocenters. The lowest BCUT2D eigenvalue weighted by Gasteiger charge is -2.12. The Bertz CT molecular complexity index is 560. The SMILES string of the molecule is Cc1cc(-c2cn(CC3CCC=CCC3)nn2)no1. The first-order valence-corrected chi connectivity index (χ1v) is 6.80. The maximum atomic E-state index is 5.06. The molecule has 5 nitrogen and oxygen atoms in total. The van der Waals surface area contributed by atoms with Gasteiger partial charge in [0, 0.05) is 12.6 Å². The van der Waals surface area contributed by atoms with Crippen LogP contribution in [0.3, 0.4) is 0 Å². The highest BCUT2D eigenvalue weighted by molar-refractivity contribution is 5.51. The lowest BCUT2D eigenvalue weighted by molar-refractivity contribution is 0.375. The molecule has 100 valence electrons. The van der Waals surface area contributed by atoms with Crippen LogP contribution in [0.1, 0.15) is 31.4 Å². The molecule has 0 N–H and O–H groups in total. The summed E-state index contributed by atoms with van der Waals surface area (Å²) < 4.78 is 6.99. The highest BCUT2D eigenvalue weighted by Crippen LogP contribution is 2.21. The number of hydrogen-bond donors (Lipinski definition) is 0. The van der Waals surface area contributed by atoms with Crippen LogP contribution >= 0.6 is 0 Å². The normalized spacial score (nSPS) is 16.7. The van der Waals surface area contributed by atoms with Gasteiger partial charge in [-0.1, -0.05) is 22.5 Å². The maximum absolute atomic E-state index is 5.06. The van der Waals surface area contributed by atoms with Crippen molar-refractivity contribution in [2.75, 3.05) is 0 Å². The van der Waals surface area contributed by atoms with Crippen molar-refractivity contribution in [1.29, 1.82) is 0 Å². The van der Waals surface area contributed by atoms with Crippen LogP contribution in [0.2, 0.25) is 0 Å². The fourth-order valence-corrected chi connectivity index (χ4v) is 2.48. The van der Waals surface area contributed by atoms with Crippen molar-refractivity contribution < 1.29 is 4.52 Å². The Hall–Kier alpha value is -1.91. The number of aromatic nitrogens is 4. The average molecular weight is 258 g/mol.